The van der Waals surface area contributed by atoms with Gasteiger partial charge in [0.05, 0.1) is 11.0 Å². The summed E-state index contributed by atoms with van der Waals surface area (Å²) in [5, 5.41) is 0. The largest absolute Gasteiger partial charge is 0.325 e. The van der Waals surface area contributed by atoms with E-state index in [4.69, 9.17) is 0 Å². The van der Waals surface area contributed by atoms with E-state index in [2.05, 4.69) is 54.6 Å². The van der Waals surface area contributed by atoms with Gasteiger partial charge in [-0.05, 0) is 25.5 Å². The van der Waals surface area contributed by atoms with E-state index in [0.717, 1.165) is 18.4 Å². The number of para-hydroxylation sites is 2. The normalized spacial score (nSPS) is 13.3. The molecule has 1 atom stereocenters. The quantitative estimate of drug-likeness (QED) is 0.744. The average molecular weight is 202 g/mol. The first-order chi connectivity index (χ1) is 7.27. The van der Waals surface area contributed by atoms with Crippen molar-refractivity contribution in [2.75, 3.05) is 0 Å². The van der Waals surface area contributed by atoms with Gasteiger partial charge in [-0.25, -0.2) is 4.98 Å². The lowest BCUT2D eigenvalue weighted by Crippen LogP contribution is -2.07. The van der Waals surface area contributed by atoms with Crippen LogP contribution in [0.15, 0.2) is 24.3 Å². The summed E-state index contributed by atoms with van der Waals surface area (Å²) in [6.07, 6.45) is 2.15. The van der Waals surface area contributed by atoms with Crippen molar-refractivity contribution in [2.24, 2.45) is 0 Å². The van der Waals surface area contributed by atoms with Gasteiger partial charge in [0.2, 0.25) is 0 Å². The zero-order chi connectivity index (χ0) is 10.8. The molecule has 0 spiro atoms. The maximum Gasteiger partial charge on any atom is 0.109 e. The van der Waals surface area contributed by atoms with E-state index in [0.29, 0.717) is 6.04 Å². The van der Waals surface area contributed by atoms with Gasteiger partial charge in [0.15, 0.2) is 0 Å². The summed E-state index contributed by atoms with van der Waals surface area (Å²) in [6.45, 7) is 6.65. The van der Waals surface area contributed by atoms with Crippen molar-refractivity contribution in [3.63, 3.8) is 0 Å². The highest BCUT2D eigenvalue weighted by Crippen LogP contribution is 2.22. The Balaban J connectivity index is 2.66. The smallest absolute Gasteiger partial charge is 0.109 e. The van der Waals surface area contributed by atoms with E-state index in [1.54, 1.807) is 0 Å². The summed E-state index contributed by atoms with van der Waals surface area (Å²) in [6, 6.07) is 8.92. The summed E-state index contributed by atoms with van der Waals surface area (Å²) in [5.41, 5.74) is 2.39. The molecule has 0 amide bonds. The minimum absolute atomic E-state index is 0.535. The fourth-order valence-corrected chi connectivity index (χ4v) is 2.02. The zero-order valence-electron chi connectivity index (χ0n) is 9.70. The van der Waals surface area contributed by atoms with E-state index in [1.165, 1.54) is 11.3 Å². The van der Waals surface area contributed by atoms with Gasteiger partial charge >= 0.3 is 0 Å². The molecule has 1 aromatic heterocycles. The lowest BCUT2D eigenvalue weighted by Gasteiger charge is -2.14. The third kappa shape index (κ3) is 1.65. The molecule has 15 heavy (non-hydrogen) atoms. The highest BCUT2D eigenvalue weighted by atomic mass is 15.1. The summed E-state index contributed by atoms with van der Waals surface area (Å²) < 4.78 is 2.37. The Kier molecular flexibility index (Phi) is 2.76. The molecule has 0 saturated carbocycles. The number of rotatable bonds is 3. The fourth-order valence-electron chi connectivity index (χ4n) is 2.02. The van der Waals surface area contributed by atoms with Crippen molar-refractivity contribution >= 4 is 11.0 Å². The van der Waals surface area contributed by atoms with Crippen molar-refractivity contribution in [2.45, 2.75) is 39.7 Å². The first kappa shape index (κ1) is 10.2. The monoisotopic (exact) mass is 202 g/mol. The Bertz CT molecular complexity index is 457. The molecule has 0 radical (unpaired) electrons. The van der Waals surface area contributed by atoms with Gasteiger partial charge in [-0.2, -0.15) is 0 Å². The van der Waals surface area contributed by atoms with Gasteiger partial charge in [-0.1, -0.05) is 26.0 Å². The fraction of sp³-hybridized carbons (Fsp3) is 0.462. The van der Waals surface area contributed by atoms with Crippen LogP contribution in [0.5, 0.6) is 0 Å². The van der Waals surface area contributed by atoms with Crippen molar-refractivity contribution in [1.82, 2.24) is 9.55 Å². The minimum atomic E-state index is 0.535. The van der Waals surface area contributed by atoms with Crippen molar-refractivity contribution in [3.05, 3.63) is 30.1 Å². The molecule has 2 nitrogen and oxygen atoms in total. The molecular weight excluding hydrogens is 184 g/mol. The van der Waals surface area contributed by atoms with E-state index in [1.807, 2.05) is 0 Å². The number of imidazole rings is 1. The van der Waals surface area contributed by atoms with Crippen molar-refractivity contribution in [3.8, 4) is 0 Å². The summed E-state index contributed by atoms with van der Waals surface area (Å²) in [4.78, 5) is 4.66. The van der Waals surface area contributed by atoms with Gasteiger partial charge in [0.1, 0.15) is 5.82 Å². The third-order valence-corrected chi connectivity index (χ3v) is 3.02. The van der Waals surface area contributed by atoms with E-state index in [9.17, 15) is 0 Å². The predicted molar refractivity (Wildman–Crippen MR) is 64.1 cm³/mol. The highest BCUT2D eigenvalue weighted by molar-refractivity contribution is 5.76. The van der Waals surface area contributed by atoms with Gasteiger partial charge in [0.25, 0.3) is 0 Å². The molecule has 2 heteroatoms. The number of nitrogens with zero attached hydrogens (tertiary/aromatic N) is 2. The Morgan fingerprint density at radius 3 is 2.67 bits per heavy atom. The van der Waals surface area contributed by atoms with Crippen LogP contribution in [0, 0.1) is 0 Å². The lowest BCUT2D eigenvalue weighted by atomic mass is 10.2. The van der Waals surface area contributed by atoms with Gasteiger partial charge in [-0.3, -0.25) is 0 Å². The molecule has 80 valence electrons. The minimum Gasteiger partial charge on any atom is -0.325 e. The SMILES string of the molecule is CCc1nc2ccccc2n1C(C)CC. The molecule has 0 fully saturated rings. The molecule has 0 aliphatic carbocycles. The van der Waals surface area contributed by atoms with Crippen LogP contribution in [0.25, 0.3) is 11.0 Å². The average Bonchev–Trinajstić information content (AvgIpc) is 2.66. The molecule has 0 aliphatic rings. The Labute approximate surface area is 90.9 Å². The number of aryl methyl sites for hydroxylation is 1. The number of aromatic nitrogens is 2. The maximum atomic E-state index is 4.66. The van der Waals surface area contributed by atoms with Crippen LogP contribution < -0.4 is 0 Å². The van der Waals surface area contributed by atoms with Crippen LogP contribution in [0.4, 0.5) is 0 Å². The summed E-state index contributed by atoms with van der Waals surface area (Å²) in [5.74, 6) is 1.20. The number of fused-ring (bicyclic) bond motifs is 1. The molecule has 2 rings (SSSR count). The predicted octanol–water partition coefficient (Wildman–Crippen LogP) is 3.57. The molecular formula is C13H18N2. The topological polar surface area (TPSA) is 17.8 Å². The van der Waals surface area contributed by atoms with Crippen LogP contribution in [0.1, 0.15) is 39.1 Å². The molecule has 0 aliphatic heterocycles. The van der Waals surface area contributed by atoms with Crippen LogP contribution in [-0.2, 0) is 6.42 Å². The Hall–Kier alpha value is -1.31. The second-order valence-electron chi connectivity index (χ2n) is 4.00. The van der Waals surface area contributed by atoms with E-state index < -0.39 is 0 Å². The first-order valence-corrected chi connectivity index (χ1v) is 5.73. The standard InChI is InChI=1S/C13H18N2/c1-4-10(3)15-12-9-7-6-8-11(12)14-13(15)5-2/h6-10H,4-5H2,1-3H3. The summed E-state index contributed by atoms with van der Waals surface area (Å²) in [7, 11) is 0. The highest BCUT2D eigenvalue weighted by Gasteiger charge is 2.12. The number of hydrogen-bond acceptors (Lipinski definition) is 1. The molecule has 0 bridgehead atoms. The van der Waals surface area contributed by atoms with Crippen molar-refractivity contribution < 1.29 is 0 Å². The molecule has 1 heterocycles. The molecule has 1 unspecified atom stereocenters. The van der Waals surface area contributed by atoms with Crippen LogP contribution in [-0.4, -0.2) is 9.55 Å². The number of benzene rings is 1. The molecule has 0 saturated heterocycles. The van der Waals surface area contributed by atoms with Crippen molar-refractivity contribution in [1.29, 1.82) is 0 Å². The second kappa shape index (κ2) is 4.05. The maximum absolute atomic E-state index is 4.66. The van der Waals surface area contributed by atoms with E-state index in [-0.39, 0.29) is 0 Å². The van der Waals surface area contributed by atoms with Crippen LogP contribution in [0.3, 0.4) is 0 Å². The van der Waals surface area contributed by atoms with Crippen LogP contribution >= 0.6 is 0 Å². The molecule has 1 aromatic carbocycles. The third-order valence-electron chi connectivity index (χ3n) is 3.02. The zero-order valence-corrected chi connectivity index (χ0v) is 9.70. The molecule has 2 aromatic rings. The second-order valence-corrected chi connectivity index (χ2v) is 4.00. The van der Waals surface area contributed by atoms with Gasteiger partial charge in [-0.15, -0.1) is 0 Å². The molecule has 0 N–H and O–H groups in total. The van der Waals surface area contributed by atoms with Gasteiger partial charge in [0, 0.05) is 12.5 Å². The van der Waals surface area contributed by atoms with Crippen LogP contribution in [0.2, 0.25) is 0 Å². The first-order valence-electron chi connectivity index (χ1n) is 5.73. The number of hydrogen-bond donors (Lipinski definition) is 0. The lowest BCUT2D eigenvalue weighted by molar-refractivity contribution is 0.524. The van der Waals surface area contributed by atoms with Gasteiger partial charge < -0.3 is 4.57 Å². The van der Waals surface area contributed by atoms with E-state index >= 15 is 0 Å². The Morgan fingerprint density at radius 2 is 2.00 bits per heavy atom. The summed E-state index contributed by atoms with van der Waals surface area (Å²) >= 11 is 0. The Morgan fingerprint density at radius 1 is 1.27 bits per heavy atom.